The van der Waals surface area contributed by atoms with Crippen molar-refractivity contribution in [2.24, 2.45) is 0 Å². The summed E-state index contributed by atoms with van der Waals surface area (Å²) < 4.78 is 0. The molecule has 1 aliphatic heterocycles. The first-order valence-electron chi connectivity index (χ1n) is 5.69. The Morgan fingerprint density at radius 3 is 2.94 bits per heavy atom. The molecular weight excluding hydrogens is 204 g/mol. The number of nitro benzene ring substituents is 1. The molecule has 4 nitrogen and oxygen atoms in total. The normalized spacial score (nSPS) is 15.8. The van der Waals surface area contributed by atoms with Crippen LogP contribution in [0, 0.1) is 10.1 Å². The van der Waals surface area contributed by atoms with Crippen LogP contribution in [0.5, 0.6) is 0 Å². The second kappa shape index (κ2) is 4.61. The Kier molecular flexibility index (Phi) is 3.19. The van der Waals surface area contributed by atoms with E-state index in [4.69, 9.17) is 0 Å². The van der Waals surface area contributed by atoms with Crippen molar-refractivity contribution in [3.05, 3.63) is 39.4 Å². The number of nitrogens with zero attached hydrogens (tertiary/aromatic N) is 2. The zero-order valence-corrected chi connectivity index (χ0v) is 9.48. The Morgan fingerprint density at radius 1 is 1.44 bits per heavy atom. The number of benzene rings is 1. The molecule has 0 fully saturated rings. The summed E-state index contributed by atoms with van der Waals surface area (Å²) in [5.74, 6) is 0. The highest BCUT2D eigenvalue weighted by Gasteiger charge is 2.17. The third-order valence-corrected chi connectivity index (χ3v) is 3.03. The van der Waals surface area contributed by atoms with Crippen molar-refractivity contribution < 1.29 is 4.92 Å². The Bertz CT molecular complexity index is 404. The number of hydrogen-bond donors (Lipinski definition) is 0. The van der Waals surface area contributed by atoms with E-state index in [0.717, 1.165) is 38.0 Å². The maximum absolute atomic E-state index is 10.6. The van der Waals surface area contributed by atoms with Crippen molar-refractivity contribution in [2.45, 2.75) is 26.3 Å². The molecule has 1 aliphatic rings. The molecule has 4 heteroatoms. The fraction of sp³-hybridized carbons (Fsp3) is 0.500. The standard InChI is InChI=1S/C12H16N2O2/c1-2-6-13-7-5-10-8-12(14(15)16)4-3-11(10)9-13/h3-4,8H,2,5-7,9H2,1H3. The van der Waals surface area contributed by atoms with Gasteiger partial charge in [0.1, 0.15) is 0 Å². The van der Waals surface area contributed by atoms with Crippen molar-refractivity contribution in [1.29, 1.82) is 0 Å². The molecule has 0 saturated carbocycles. The quantitative estimate of drug-likeness (QED) is 0.580. The van der Waals surface area contributed by atoms with Crippen LogP contribution in [0.15, 0.2) is 18.2 Å². The van der Waals surface area contributed by atoms with Gasteiger partial charge in [0, 0.05) is 25.2 Å². The summed E-state index contributed by atoms with van der Waals surface area (Å²) in [5, 5.41) is 10.6. The summed E-state index contributed by atoms with van der Waals surface area (Å²) in [6, 6.07) is 5.22. The van der Waals surface area contributed by atoms with Crippen LogP contribution in [0.4, 0.5) is 5.69 Å². The average molecular weight is 220 g/mol. The molecule has 0 amide bonds. The minimum absolute atomic E-state index is 0.211. The van der Waals surface area contributed by atoms with Gasteiger partial charge in [0.2, 0.25) is 0 Å². The second-order valence-corrected chi connectivity index (χ2v) is 4.24. The molecular formula is C12H16N2O2. The van der Waals surface area contributed by atoms with E-state index in [1.807, 2.05) is 6.07 Å². The molecule has 0 N–H and O–H groups in total. The molecule has 1 aromatic rings. The number of rotatable bonds is 3. The van der Waals surface area contributed by atoms with Crippen LogP contribution in [0.3, 0.4) is 0 Å². The average Bonchev–Trinajstić information content (AvgIpc) is 2.28. The van der Waals surface area contributed by atoms with Gasteiger partial charge in [0.15, 0.2) is 0 Å². The Morgan fingerprint density at radius 2 is 2.25 bits per heavy atom. The molecule has 16 heavy (non-hydrogen) atoms. The Balaban J connectivity index is 2.19. The van der Waals surface area contributed by atoms with Gasteiger partial charge in [0.05, 0.1) is 4.92 Å². The summed E-state index contributed by atoms with van der Waals surface area (Å²) in [6.45, 7) is 5.23. The third kappa shape index (κ3) is 2.22. The predicted octanol–water partition coefficient (Wildman–Crippen LogP) is 2.36. The minimum Gasteiger partial charge on any atom is -0.299 e. The van der Waals surface area contributed by atoms with Gasteiger partial charge in [0.25, 0.3) is 5.69 Å². The van der Waals surface area contributed by atoms with Crippen LogP contribution in [-0.2, 0) is 13.0 Å². The number of fused-ring (bicyclic) bond motifs is 1. The summed E-state index contributed by atoms with van der Waals surface area (Å²) in [4.78, 5) is 12.7. The molecule has 0 saturated heterocycles. The molecule has 0 spiro atoms. The van der Waals surface area contributed by atoms with Gasteiger partial charge in [-0.2, -0.15) is 0 Å². The topological polar surface area (TPSA) is 46.4 Å². The predicted molar refractivity (Wildman–Crippen MR) is 62.4 cm³/mol. The molecule has 2 rings (SSSR count). The summed E-state index contributed by atoms with van der Waals surface area (Å²) >= 11 is 0. The van der Waals surface area contributed by atoms with Gasteiger partial charge in [-0.05, 0) is 30.5 Å². The number of non-ortho nitro benzene ring substituents is 1. The molecule has 1 heterocycles. The molecule has 0 aliphatic carbocycles. The van der Waals surface area contributed by atoms with Crippen molar-refractivity contribution in [2.75, 3.05) is 13.1 Å². The van der Waals surface area contributed by atoms with Crippen LogP contribution in [0.2, 0.25) is 0 Å². The van der Waals surface area contributed by atoms with Gasteiger partial charge < -0.3 is 0 Å². The van der Waals surface area contributed by atoms with E-state index in [1.54, 1.807) is 12.1 Å². The van der Waals surface area contributed by atoms with E-state index in [2.05, 4.69) is 11.8 Å². The number of nitro groups is 1. The van der Waals surface area contributed by atoms with E-state index < -0.39 is 0 Å². The minimum atomic E-state index is -0.321. The molecule has 0 bridgehead atoms. The SMILES string of the molecule is CCCN1CCc2cc([N+](=O)[O-])ccc2C1. The van der Waals surface area contributed by atoms with Crippen molar-refractivity contribution in [3.8, 4) is 0 Å². The zero-order valence-electron chi connectivity index (χ0n) is 9.48. The van der Waals surface area contributed by atoms with Crippen molar-refractivity contribution >= 4 is 5.69 Å². The van der Waals surface area contributed by atoms with Gasteiger partial charge in [-0.25, -0.2) is 0 Å². The maximum atomic E-state index is 10.6. The zero-order chi connectivity index (χ0) is 11.5. The van der Waals surface area contributed by atoms with E-state index in [1.165, 1.54) is 5.56 Å². The lowest BCUT2D eigenvalue weighted by molar-refractivity contribution is -0.384. The van der Waals surface area contributed by atoms with Gasteiger partial charge in [-0.1, -0.05) is 13.0 Å². The van der Waals surface area contributed by atoms with Gasteiger partial charge in [-0.15, -0.1) is 0 Å². The smallest absolute Gasteiger partial charge is 0.269 e. The van der Waals surface area contributed by atoms with Crippen LogP contribution in [-0.4, -0.2) is 22.9 Å². The highest BCUT2D eigenvalue weighted by atomic mass is 16.6. The molecule has 0 atom stereocenters. The van der Waals surface area contributed by atoms with Crippen LogP contribution >= 0.6 is 0 Å². The maximum Gasteiger partial charge on any atom is 0.269 e. The van der Waals surface area contributed by atoms with Crippen LogP contribution < -0.4 is 0 Å². The van der Waals surface area contributed by atoms with Gasteiger partial charge in [-0.3, -0.25) is 15.0 Å². The summed E-state index contributed by atoms with van der Waals surface area (Å²) in [5.41, 5.74) is 2.59. The van der Waals surface area contributed by atoms with Gasteiger partial charge >= 0.3 is 0 Å². The number of hydrogen-bond acceptors (Lipinski definition) is 3. The Labute approximate surface area is 95.0 Å². The highest BCUT2D eigenvalue weighted by Crippen LogP contribution is 2.23. The summed E-state index contributed by atoms with van der Waals surface area (Å²) in [6.07, 6.45) is 2.08. The molecule has 0 unspecified atom stereocenters. The van der Waals surface area contributed by atoms with Crippen LogP contribution in [0.1, 0.15) is 24.5 Å². The fourth-order valence-corrected chi connectivity index (χ4v) is 2.22. The monoisotopic (exact) mass is 220 g/mol. The molecule has 1 aromatic carbocycles. The lowest BCUT2D eigenvalue weighted by Crippen LogP contribution is -2.31. The largest absolute Gasteiger partial charge is 0.299 e. The first-order valence-corrected chi connectivity index (χ1v) is 5.69. The lowest BCUT2D eigenvalue weighted by atomic mass is 9.99. The third-order valence-electron chi connectivity index (χ3n) is 3.03. The second-order valence-electron chi connectivity index (χ2n) is 4.24. The molecule has 0 radical (unpaired) electrons. The van der Waals surface area contributed by atoms with E-state index in [0.29, 0.717) is 0 Å². The van der Waals surface area contributed by atoms with E-state index >= 15 is 0 Å². The Hall–Kier alpha value is -1.42. The lowest BCUT2D eigenvalue weighted by Gasteiger charge is -2.28. The first-order chi connectivity index (χ1) is 7.70. The van der Waals surface area contributed by atoms with E-state index in [-0.39, 0.29) is 10.6 Å². The van der Waals surface area contributed by atoms with Crippen molar-refractivity contribution in [1.82, 2.24) is 4.90 Å². The van der Waals surface area contributed by atoms with E-state index in [9.17, 15) is 10.1 Å². The van der Waals surface area contributed by atoms with Crippen LogP contribution in [0.25, 0.3) is 0 Å². The fourth-order valence-electron chi connectivity index (χ4n) is 2.22. The summed E-state index contributed by atoms with van der Waals surface area (Å²) in [7, 11) is 0. The van der Waals surface area contributed by atoms with Crippen molar-refractivity contribution in [3.63, 3.8) is 0 Å². The first kappa shape index (κ1) is 11.1. The molecule has 86 valence electrons. The molecule has 0 aromatic heterocycles. The highest BCUT2D eigenvalue weighted by molar-refractivity contribution is 5.41.